The van der Waals surface area contributed by atoms with E-state index in [-0.39, 0.29) is 22.8 Å². The van der Waals surface area contributed by atoms with Crippen LogP contribution in [0.5, 0.6) is 0 Å². The number of amides is 1. The number of halogens is 1. The molecule has 0 aliphatic carbocycles. The van der Waals surface area contributed by atoms with Gasteiger partial charge in [0.2, 0.25) is 0 Å². The predicted octanol–water partition coefficient (Wildman–Crippen LogP) is 2.48. The highest BCUT2D eigenvalue weighted by atomic mass is 35.5. The Balaban J connectivity index is 2.08. The van der Waals surface area contributed by atoms with Crippen molar-refractivity contribution < 1.29 is 19.2 Å². The molecule has 0 aliphatic heterocycles. The maximum atomic E-state index is 12.1. The highest BCUT2D eigenvalue weighted by Crippen LogP contribution is 2.23. The van der Waals surface area contributed by atoms with Crippen molar-refractivity contribution in [2.24, 2.45) is 0 Å². The minimum Gasteiger partial charge on any atom is -0.466 e. The van der Waals surface area contributed by atoms with Crippen molar-refractivity contribution in [3.8, 4) is 0 Å². The van der Waals surface area contributed by atoms with Gasteiger partial charge in [-0.3, -0.25) is 14.9 Å². The van der Waals surface area contributed by atoms with Crippen LogP contribution < -0.4 is 5.32 Å². The lowest BCUT2D eigenvalue weighted by atomic mass is 10.0. The van der Waals surface area contributed by atoms with E-state index in [1.807, 2.05) is 0 Å². The number of rotatable bonds is 5. The molecular weight excluding hydrogens is 312 g/mol. The summed E-state index contributed by atoms with van der Waals surface area (Å²) in [6, 6.07) is 6.76. The van der Waals surface area contributed by atoms with Crippen LogP contribution in [-0.4, -0.2) is 22.5 Å². The molecule has 22 heavy (non-hydrogen) atoms. The fourth-order valence-corrected chi connectivity index (χ4v) is 2.08. The first-order valence-corrected chi connectivity index (χ1v) is 6.67. The number of nitrogens with zero attached hydrogens (tertiary/aromatic N) is 1. The van der Waals surface area contributed by atoms with Crippen LogP contribution in [0.15, 0.2) is 41.0 Å². The van der Waals surface area contributed by atoms with Crippen LogP contribution in [0.25, 0.3) is 0 Å². The number of non-ortho nitro benzene ring substituents is 1. The minimum absolute atomic E-state index is 0.0376. The fourth-order valence-electron chi connectivity index (χ4n) is 1.82. The maximum absolute atomic E-state index is 12.1. The van der Waals surface area contributed by atoms with Crippen molar-refractivity contribution in [2.45, 2.75) is 12.5 Å². The highest BCUT2D eigenvalue weighted by molar-refractivity contribution is 6.34. The first kappa shape index (κ1) is 16.0. The van der Waals surface area contributed by atoms with Gasteiger partial charge < -0.3 is 14.8 Å². The van der Waals surface area contributed by atoms with Gasteiger partial charge in [0.05, 0.1) is 28.3 Å². The van der Waals surface area contributed by atoms with Gasteiger partial charge >= 0.3 is 0 Å². The van der Waals surface area contributed by atoms with Crippen molar-refractivity contribution in [1.82, 2.24) is 5.32 Å². The van der Waals surface area contributed by atoms with Crippen LogP contribution in [-0.2, 0) is 5.60 Å². The van der Waals surface area contributed by atoms with Gasteiger partial charge in [-0.05, 0) is 25.1 Å². The molecule has 0 fully saturated rings. The van der Waals surface area contributed by atoms with Crippen LogP contribution in [0.2, 0.25) is 5.02 Å². The summed E-state index contributed by atoms with van der Waals surface area (Å²) in [5.41, 5.74) is -1.50. The van der Waals surface area contributed by atoms with Gasteiger partial charge in [-0.1, -0.05) is 11.6 Å². The molecule has 7 nitrogen and oxygen atoms in total. The summed E-state index contributed by atoms with van der Waals surface area (Å²) in [7, 11) is 0. The van der Waals surface area contributed by atoms with Crippen molar-refractivity contribution in [3.63, 3.8) is 0 Å². The molecule has 1 aromatic heterocycles. The second-order valence-corrected chi connectivity index (χ2v) is 5.26. The molecule has 1 heterocycles. The van der Waals surface area contributed by atoms with E-state index in [1.165, 1.54) is 25.3 Å². The largest absolute Gasteiger partial charge is 0.466 e. The van der Waals surface area contributed by atoms with Gasteiger partial charge in [0.25, 0.3) is 11.6 Å². The number of benzene rings is 1. The van der Waals surface area contributed by atoms with E-state index in [0.29, 0.717) is 5.76 Å². The third kappa shape index (κ3) is 3.44. The Morgan fingerprint density at radius 2 is 2.23 bits per heavy atom. The number of furan rings is 1. The monoisotopic (exact) mass is 324 g/mol. The topological polar surface area (TPSA) is 106 Å². The Morgan fingerprint density at radius 1 is 1.50 bits per heavy atom. The Labute approximate surface area is 130 Å². The number of nitro benzene ring substituents is 1. The van der Waals surface area contributed by atoms with Gasteiger partial charge in [0.15, 0.2) is 0 Å². The quantitative estimate of drug-likeness (QED) is 0.649. The number of carbonyl (C=O) groups excluding carboxylic acids is 1. The van der Waals surface area contributed by atoms with Gasteiger partial charge in [-0.2, -0.15) is 0 Å². The molecule has 0 radical (unpaired) electrons. The Bertz CT molecular complexity index is 697. The van der Waals surface area contributed by atoms with Crippen molar-refractivity contribution in [1.29, 1.82) is 0 Å². The molecule has 1 amide bonds. The zero-order valence-corrected chi connectivity index (χ0v) is 12.3. The van der Waals surface area contributed by atoms with Crippen LogP contribution in [0.3, 0.4) is 0 Å². The zero-order valence-electron chi connectivity index (χ0n) is 11.6. The first-order chi connectivity index (χ1) is 10.3. The summed E-state index contributed by atoms with van der Waals surface area (Å²) in [4.78, 5) is 22.1. The molecule has 0 spiro atoms. The average Bonchev–Trinajstić information content (AvgIpc) is 2.99. The fraction of sp³-hybridized carbons (Fsp3) is 0.214. The smallest absolute Gasteiger partial charge is 0.270 e. The first-order valence-electron chi connectivity index (χ1n) is 6.30. The molecule has 0 saturated carbocycles. The molecule has 2 aromatic rings. The van der Waals surface area contributed by atoms with E-state index in [0.717, 1.165) is 6.07 Å². The maximum Gasteiger partial charge on any atom is 0.270 e. The van der Waals surface area contributed by atoms with Crippen molar-refractivity contribution >= 4 is 23.2 Å². The summed E-state index contributed by atoms with van der Waals surface area (Å²) in [5, 5.41) is 23.3. The summed E-state index contributed by atoms with van der Waals surface area (Å²) in [6.07, 6.45) is 1.42. The van der Waals surface area contributed by atoms with Gasteiger partial charge in [0, 0.05) is 12.1 Å². The molecule has 0 saturated heterocycles. The lowest BCUT2D eigenvalue weighted by molar-refractivity contribution is -0.384. The van der Waals surface area contributed by atoms with Crippen molar-refractivity contribution in [2.75, 3.05) is 6.54 Å². The predicted molar refractivity (Wildman–Crippen MR) is 78.7 cm³/mol. The van der Waals surface area contributed by atoms with E-state index in [1.54, 1.807) is 12.1 Å². The van der Waals surface area contributed by atoms with Crippen LogP contribution in [0.4, 0.5) is 5.69 Å². The second kappa shape index (κ2) is 6.17. The summed E-state index contributed by atoms with van der Waals surface area (Å²) >= 11 is 5.87. The van der Waals surface area contributed by atoms with Crippen LogP contribution in [0, 0.1) is 10.1 Å². The molecule has 8 heteroatoms. The van der Waals surface area contributed by atoms with Gasteiger partial charge in [0.1, 0.15) is 11.4 Å². The summed E-state index contributed by atoms with van der Waals surface area (Å²) in [6.45, 7) is 1.39. The molecule has 1 unspecified atom stereocenters. The zero-order chi connectivity index (χ0) is 16.3. The third-order valence-corrected chi connectivity index (χ3v) is 3.37. The molecule has 2 N–H and O–H groups in total. The Hall–Kier alpha value is -2.38. The number of hydrogen-bond acceptors (Lipinski definition) is 5. The van der Waals surface area contributed by atoms with Gasteiger partial charge in [-0.15, -0.1) is 0 Å². The molecule has 0 bridgehead atoms. The molecular formula is C14H13ClN2O5. The van der Waals surface area contributed by atoms with Crippen LogP contribution >= 0.6 is 11.6 Å². The third-order valence-electron chi connectivity index (χ3n) is 3.05. The number of carbonyl (C=O) groups is 1. The Morgan fingerprint density at radius 3 is 2.77 bits per heavy atom. The lowest BCUT2D eigenvalue weighted by Gasteiger charge is -2.21. The summed E-state index contributed by atoms with van der Waals surface area (Å²) < 4.78 is 5.10. The second-order valence-electron chi connectivity index (χ2n) is 4.86. The number of aliphatic hydroxyl groups is 1. The van der Waals surface area contributed by atoms with E-state index in [2.05, 4.69) is 5.32 Å². The Kier molecular flexibility index (Phi) is 4.48. The van der Waals surface area contributed by atoms with E-state index >= 15 is 0 Å². The normalized spacial score (nSPS) is 13.4. The summed E-state index contributed by atoms with van der Waals surface area (Å²) in [5.74, 6) is -0.241. The van der Waals surface area contributed by atoms with Gasteiger partial charge in [-0.25, -0.2) is 0 Å². The number of hydrogen-bond donors (Lipinski definition) is 2. The molecule has 1 atom stereocenters. The lowest BCUT2D eigenvalue weighted by Crippen LogP contribution is -2.38. The van der Waals surface area contributed by atoms with Crippen LogP contribution in [0.1, 0.15) is 23.0 Å². The van der Waals surface area contributed by atoms with Crippen molar-refractivity contribution in [3.05, 3.63) is 63.1 Å². The molecule has 2 rings (SSSR count). The number of nitro groups is 1. The van der Waals surface area contributed by atoms with E-state index < -0.39 is 16.4 Å². The molecule has 1 aromatic carbocycles. The molecule has 116 valence electrons. The average molecular weight is 325 g/mol. The SMILES string of the molecule is CC(O)(CNC(=O)c1ccc([N+](=O)[O-])cc1Cl)c1ccco1. The molecule has 0 aliphatic rings. The minimum atomic E-state index is -1.38. The highest BCUT2D eigenvalue weighted by Gasteiger charge is 2.27. The van der Waals surface area contributed by atoms with E-state index in [4.69, 9.17) is 16.0 Å². The number of nitrogens with one attached hydrogen (secondary N) is 1. The standard InChI is InChI=1S/C14H13ClN2O5/c1-14(19,12-3-2-6-22-12)8-16-13(18)10-5-4-9(17(20)21)7-11(10)15/h2-7,19H,8H2,1H3,(H,16,18). The van der Waals surface area contributed by atoms with E-state index in [9.17, 15) is 20.0 Å².